The van der Waals surface area contributed by atoms with Gasteiger partial charge in [-0.25, -0.2) is 4.79 Å². The topological polar surface area (TPSA) is 87.7 Å². The third-order valence-electron chi connectivity index (χ3n) is 5.82. The van der Waals surface area contributed by atoms with E-state index in [1.165, 1.54) is 0 Å². The minimum atomic E-state index is -0.832. The van der Waals surface area contributed by atoms with E-state index in [4.69, 9.17) is 4.74 Å². The van der Waals surface area contributed by atoms with Crippen LogP contribution in [0.4, 0.5) is 4.79 Å². The summed E-state index contributed by atoms with van der Waals surface area (Å²) < 4.78 is 5.68. The number of nitrogens with zero attached hydrogens (tertiary/aromatic N) is 1. The van der Waals surface area contributed by atoms with E-state index in [0.29, 0.717) is 19.6 Å². The summed E-state index contributed by atoms with van der Waals surface area (Å²) in [6.07, 6.45) is 3.52. The second-order valence-corrected chi connectivity index (χ2v) is 7.91. The molecule has 1 aromatic carbocycles. The van der Waals surface area contributed by atoms with Gasteiger partial charge in [0.2, 0.25) is 5.91 Å². The third kappa shape index (κ3) is 3.98. The summed E-state index contributed by atoms with van der Waals surface area (Å²) >= 11 is 0. The van der Waals surface area contributed by atoms with E-state index in [9.17, 15) is 14.4 Å². The van der Waals surface area contributed by atoms with Gasteiger partial charge in [0.1, 0.15) is 24.4 Å². The Morgan fingerprint density at radius 1 is 1.32 bits per heavy atom. The Balaban J connectivity index is 1.48. The molecule has 0 bridgehead atoms. The lowest BCUT2D eigenvalue weighted by molar-refractivity contribution is -0.137. The molecule has 2 atom stereocenters. The van der Waals surface area contributed by atoms with Crippen LogP contribution in [0.5, 0.6) is 5.75 Å². The molecule has 152 valence electrons. The Morgan fingerprint density at radius 3 is 2.82 bits per heavy atom. The average Bonchev–Trinajstić information content (AvgIpc) is 2.88. The largest absolute Gasteiger partial charge is 0.491 e. The molecule has 1 aromatic rings. The van der Waals surface area contributed by atoms with Crippen molar-refractivity contribution in [2.75, 3.05) is 19.7 Å². The average molecular weight is 387 g/mol. The number of benzene rings is 1. The van der Waals surface area contributed by atoms with Crippen LogP contribution in [-0.4, -0.2) is 48.0 Å². The molecular formula is C21H29N3O4. The van der Waals surface area contributed by atoms with Crippen LogP contribution in [0.1, 0.15) is 43.7 Å². The zero-order chi connectivity index (χ0) is 20.3. The molecule has 7 nitrogen and oxygen atoms in total. The zero-order valence-corrected chi connectivity index (χ0v) is 16.8. The number of ether oxygens (including phenoxy) is 1. The lowest BCUT2D eigenvalue weighted by atomic mass is 9.73. The van der Waals surface area contributed by atoms with E-state index in [-0.39, 0.29) is 24.3 Å². The van der Waals surface area contributed by atoms with Gasteiger partial charge in [0.25, 0.3) is 5.91 Å². The van der Waals surface area contributed by atoms with Gasteiger partial charge in [0, 0.05) is 0 Å². The first kappa shape index (κ1) is 20.2. The summed E-state index contributed by atoms with van der Waals surface area (Å²) in [5.74, 6) is 0.221. The van der Waals surface area contributed by atoms with Gasteiger partial charge in [-0.1, -0.05) is 37.5 Å². The number of urea groups is 1. The highest BCUT2D eigenvalue weighted by Gasteiger charge is 2.55. The van der Waals surface area contributed by atoms with Crippen molar-refractivity contribution < 1.29 is 19.1 Å². The first-order valence-electron chi connectivity index (χ1n) is 9.94. The third-order valence-corrected chi connectivity index (χ3v) is 5.82. The summed E-state index contributed by atoms with van der Waals surface area (Å²) in [6.45, 7) is 6.34. The van der Waals surface area contributed by atoms with E-state index < -0.39 is 11.6 Å². The monoisotopic (exact) mass is 387 g/mol. The minimum Gasteiger partial charge on any atom is -0.491 e. The number of imide groups is 1. The molecule has 1 saturated heterocycles. The summed E-state index contributed by atoms with van der Waals surface area (Å²) in [5, 5.41) is 5.57. The lowest BCUT2D eigenvalue weighted by Gasteiger charge is -2.36. The van der Waals surface area contributed by atoms with Gasteiger partial charge in [-0.05, 0) is 44.2 Å². The normalized spacial score (nSPS) is 24.4. The van der Waals surface area contributed by atoms with Crippen LogP contribution in [0.3, 0.4) is 0 Å². The highest BCUT2D eigenvalue weighted by atomic mass is 16.5. The highest BCUT2D eigenvalue weighted by Crippen LogP contribution is 2.38. The van der Waals surface area contributed by atoms with Gasteiger partial charge >= 0.3 is 6.03 Å². The molecule has 2 aliphatic rings. The molecule has 3 rings (SSSR count). The molecule has 0 radical (unpaired) electrons. The summed E-state index contributed by atoms with van der Waals surface area (Å²) in [5.41, 5.74) is 1.37. The van der Waals surface area contributed by atoms with Crippen molar-refractivity contribution in [1.29, 1.82) is 0 Å². The molecule has 2 fully saturated rings. The Hall–Kier alpha value is -2.57. The van der Waals surface area contributed by atoms with Crippen LogP contribution < -0.4 is 15.4 Å². The van der Waals surface area contributed by atoms with E-state index >= 15 is 0 Å². The molecule has 1 aliphatic heterocycles. The minimum absolute atomic E-state index is 0.0805. The fourth-order valence-corrected chi connectivity index (χ4v) is 4.15. The van der Waals surface area contributed by atoms with Gasteiger partial charge in [0.05, 0.1) is 6.54 Å². The van der Waals surface area contributed by atoms with Crippen molar-refractivity contribution in [3.63, 3.8) is 0 Å². The van der Waals surface area contributed by atoms with Crippen molar-refractivity contribution in [3.8, 4) is 5.75 Å². The predicted molar refractivity (Wildman–Crippen MR) is 105 cm³/mol. The van der Waals surface area contributed by atoms with Gasteiger partial charge in [-0.15, -0.1) is 0 Å². The number of aryl methyl sites for hydroxylation is 2. The molecule has 2 N–H and O–H groups in total. The number of hydrogen-bond donors (Lipinski definition) is 2. The maximum absolute atomic E-state index is 12.9. The first-order valence-corrected chi connectivity index (χ1v) is 9.94. The fraction of sp³-hybridized carbons (Fsp3) is 0.571. The first-order chi connectivity index (χ1) is 13.3. The van der Waals surface area contributed by atoms with Crippen molar-refractivity contribution in [2.24, 2.45) is 5.92 Å². The zero-order valence-electron chi connectivity index (χ0n) is 16.8. The van der Waals surface area contributed by atoms with Crippen molar-refractivity contribution >= 4 is 17.8 Å². The Morgan fingerprint density at radius 2 is 2.11 bits per heavy atom. The molecule has 28 heavy (non-hydrogen) atoms. The van der Waals surface area contributed by atoms with E-state index in [1.807, 2.05) is 39.0 Å². The molecule has 4 amide bonds. The Kier molecular flexibility index (Phi) is 5.91. The van der Waals surface area contributed by atoms with Crippen molar-refractivity contribution in [1.82, 2.24) is 15.5 Å². The molecule has 1 aliphatic carbocycles. The molecular weight excluding hydrogens is 358 g/mol. The molecule has 1 spiro atoms. The predicted octanol–water partition coefficient (Wildman–Crippen LogP) is 2.30. The SMILES string of the molecule is Cc1ccc(OCCNC(=O)CN2C(=O)N[C@@]3(CCCC[C@@H]3C)C2=O)c(C)c1. The van der Waals surface area contributed by atoms with E-state index in [0.717, 1.165) is 41.0 Å². The van der Waals surface area contributed by atoms with Crippen molar-refractivity contribution in [2.45, 2.75) is 52.0 Å². The number of nitrogens with one attached hydrogen (secondary N) is 2. The Bertz CT molecular complexity index is 779. The van der Waals surface area contributed by atoms with Gasteiger partial charge in [0.15, 0.2) is 0 Å². The van der Waals surface area contributed by atoms with Crippen LogP contribution in [0.2, 0.25) is 0 Å². The van der Waals surface area contributed by atoms with E-state index in [2.05, 4.69) is 10.6 Å². The van der Waals surface area contributed by atoms with Crippen molar-refractivity contribution in [3.05, 3.63) is 29.3 Å². The van der Waals surface area contributed by atoms with Gasteiger partial charge in [-0.3, -0.25) is 14.5 Å². The van der Waals surface area contributed by atoms with Crippen LogP contribution in [0.25, 0.3) is 0 Å². The standard InChI is InChI=1S/C21H29N3O4/c1-14-7-8-17(15(2)12-14)28-11-10-22-18(25)13-24-19(26)21(23-20(24)27)9-5-4-6-16(21)3/h7-8,12,16H,4-6,9-11,13H2,1-3H3,(H,22,25)(H,23,27)/t16-,21+/m0/s1. The van der Waals surface area contributed by atoms with Crippen LogP contribution in [-0.2, 0) is 9.59 Å². The highest BCUT2D eigenvalue weighted by molar-refractivity contribution is 6.09. The molecule has 1 saturated carbocycles. The smallest absolute Gasteiger partial charge is 0.325 e. The van der Waals surface area contributed by atoms with Crippen LogP contribution in [0, 0.1) is 19.8 Å². The maximum Gasteiger partial charge on any atom is 0.325 e. The number of carbonyl (C=O) groups is 3. The molecule has 0 aromatic heterocycles. The summed E-state index contributed by atoms with van der Waals surface area (Å²) in [6, 6.07) is 5.44. The lowest BCUT2D eigenvalue weighted by Crippen LogP contribution is -2.54. The number of hydrogen-bond acceptors (Lipinski definition) is 4. The van der Waals surface area contributed by atoms with Gasteiger partial charge < -0.3 is 15.4 Å². The molecule has 7 heteroatoms. The second kappa shape index (κ2) is 8.20. The maximum atomic E-state index is 12.9. The number of carbonyl (C=O) groups excluding carboxylic acids is 3. The van der Waals surface area contributed by atoms with E-state index in [1.54, 1.807) is 0 Å². The second-order valence-electron chi connectivity index (χ2n) is 7.91. The number of amides is 4. The number of rotatable bonds is 6. The van der Waals surface area contributed by atoms with Gasteiger partial charge in [-0.2, -0.15) is 0 Å². The van der Waals surface area contributed by atoms with Crippen LogP contribution in [0.15, 0.2) is 18.2 Å². The fourth-order valence-electron chi connectivity index (χ4n) is 4.15. The molecule has 0 unspecified atom stereocenters. The quantitative estimate of drug-likeness (QED) is 0.579. The summed E-state index contributed by atoms with van der Waals surface area (Å²) in [4.78, 5) is 38.4. The van der Waals surface area contributed by atoms with Crippen LogP contribution >= 0.6 is 0 Å². The summed E-state index contributed by atoms with van der Waals surface area (Å²) in [7, 11) is 0. The Labute approximate surface area is 165 Å². The molecule has 1 heterocycles.